The second kappa shape index (κ2) is 6.05. The zero-order valence-corrected chi connectivity index (χ0v) is 12.5. The Morgan fingerprint density at radius 2 is 2.48 bits per heavy atom. The van der Waals surface area contributed by atoms with Crippen LogP contribution in [-0.4, -0.2) is 48.1 Å². The van der Waals surface area contributed by atoms with Crippen molar-refractivity contribution in [3.05, 3.63) is 24.0 Å². The van der Waals surface area contributed by atoms with E-state index in [4.69, 9.17) is 4.74 Å². The topological polar surface area (TPSA) is 54.5 Å². The summed E-state index contributed by atoms with van der Waals surface area (Å²) in [5, 5.41) is 3.28. The van der Waals surface area contributed by atoms with Crippen molar-refractivity contribution in [3.63, 3.8) is 0 Å². The Morgan fingerprint density at radius 1 is 1.62 bits per heavy atom. The van der Waals surface area contributed by atoms with Crippen LogP contribution in [0.1, 0.15) is 6.92 Å². The van der Waals surface area contributed by atoms with E-state index in [0.717, 1.165) is 17.8 Å². The van der Waals surface area contributed by atoms with Crippen LogP contribution < -0.4 is 5.32 Å². The van der Waals surface area contributed by atoms with Crippen LogP contribution in [0.4, 0.5) is 9.52 Å². The number of fused-ring (bicyclic) bond motifs is 1. The molecule has 1 saturated heterocycles. The zero-order valence-electron chi connectivity index (χ0n) is 11.6. The number of nitrogens with one attached hydrogen (secondary N) is 1. The number of hydrogen-bond donors (Lipinski definition) is 1. The minimum atomic E-state index is -0.300. The van der Waals surface area contributed by atoms with Gasteiger partial charge >= 0.3 is 0 Å². The summed E-state index contributed by atoms with van der Waals surface area (Å²) in [6.45, 7) is 4.46. The van der Waals surface area contributed by atoms with E-state index in [2.05, 4.69) is 15.2 Å². The quantitative estimate of drug-likeness (QED) is 0.943. The summed E-state index contributed by atoms with van der Waals surface area (Å²) in [6, 6.07) is 4.40. The average molecular weight is 309 g/mol. The van der Waals surface area contributed by atoms with Crippen LogP contribution in [-0.2, 0) is 9.53 Å². The Kier molecular flexibility index (Phi) is 4.14. The number of carbonyl (C=O) groups excluding carboxylic acids is 1. The van der Waals surface area contributed by atoms with Crippen molar-refractivity contribution in [2.75, 3.05) is 31.6 Å². The van der Waals surface area contributed by atoms with Crippen molar-refractivity contribution in [3.8, 4) is 0 Å². The summed E-state index contributed by atoms with van der Waals surface area (Å²) in [5.41, 5.74) is 0.691. The van der Waals surface area contributed by atoms with Crippen LogP contribution in [0.2, 0.25) is 0 Å². The van der Waals surface area contributed by atoms with Gasteiger partial charge in [0, 0.05) is 13.1 Å². The maximum atomic E-state index is 13.1. The number of aromatic nitrogens is 1. The molecule has 21 heavy (non-hydrogen) atoms. The van der Waals surface area contributed by atoms with Crippen LogP contribution in [0.5, 0.6) is 0 Å². The fourth-order valence-electron chi connectivity index (χ4n) is 2.35. The minimum Gasteiger partial charge on any atom is -0.376 e. The molecule has 0 aliphatic carbocycles. The van der Waals surface area contributed by atoms with Crippen LogP contribution in [0.3, 0.4) is 0 Å². The van der Waals surface area contributed by atoms with E-state index in [-0.39, 0.29) is 17.8 Å². The summed E-state index contributed by atoms with van der Waals surface area (Å²) in [7, 11) is 0. The van der Waals surface area contributed by atoms with Crippen molar-refractivity contribution >= 4 is 32.6 Å². The van der Waals surface area contributed by atoms with E-state index >= 15 is 0 Å². The Morgan fingerprint density at radius 3 is 3.29 bits per heavy atom. The minimum absolute atomic E-state index is 0.108. The molecule has 1 aromatic heterocycles. The van der Waals surface area contributed by atoms with Crippen molar-refractivity contribution < 1.29 is 13.9 Å². The number of benzene rings is 1. The molecular weight excluding hydrogens is 293 g/mol. The summed E-state index contributed by atoms with van der Waals surface area (Å²) in [6.07, 6.45) is 0.150. The summed E-state index contributed by atoms with van der Waals surface area (Å²) < 4.78 is 19.3. The molecule has 2 heterocycles. The third kappa shape index (κ3) is 3.55. The number of nitrogens with zero attached hydrogens (tertiary/aromatic N) is 2. The van der Waals surface area contributed by atoms with E-state index in [1.165, 1.54) is 23.5 Å². The Bertz CT molecular complexity index is 661. The second-order valence-corrected chi connectivity index (χ2v) is 6.13. The number of amides is 1. The lowest BCUT2D eigenvalue weighted by Crippen LogP contribution is -2.44. The molecule has 3 rings (SSSR count). The lowest BCUT2D eigenvalue weighted by Gasteiger charge is -2.30. The molecule has 0 unspecified atom stereocenters. The highest BCUT2D eigenvalue weighted by molar-refractivity contribution is 7.22. The number of ether oxygens (including phenoxy) is 1. The van der Waals surface area contributed by atoms with Gasteiger partial charge in [-0.3, -0.25) is 9.69 Å². The molecule has 112 valence electrons. The molecule has 1 amide bonds. The van der Waals surface area contributed by atoms with Gasteiger partial charge in [-0.1, -0.05) is 11.3 Å². The fourth-order valence-corrected chi connectivity index (χ4v) is 3.25. The van der Waals surface area contributed by atoms with Crippen molar-refractivity contribution in [2.24, 2.45) is 0 Å². The molecule has 0 spiro atoms. The predicted molar refractivity (Wildman–Crippen MR) is 80.1 cm³/mol. The van der Waals surface area contributed by atoms with Gasteiger partial charge in [-0.2, -0.15) is 0 Å². The third-order valence-electron chi connectivity index (χ3n) is 3.29. The number of morpholine rings is 1. The number of rotatable bonds is 3. The first-order valence-corrected chi connectivity index (χ1v) is 7.62. The van der Waals surface area contributed by atoms with Gasteiger partial charge in [0.25, 0.3) is 0 Å². The van der Waals surface area contributed by atoms with Crippen LogP contribution in [0.15, 0.2) is 18.2 Å². The normalized spacial score (nSPS) is 19.8. The summed E-state index contributed by atoms with van der Waals surface area (Å²) in [5.74, 6) is -0.407. The lowest BCUT2D eigenvalue weighted by molar-refractivity contribution is -0.119. The zero-order chi connectivity index (χ0) is 14.8. The second-order valence-electron chi connectivity index (χ2n) is 5.10. The van der Waals surface area contributed by atoms with E-state index in [1.54, 1.807) is 6.07 Å². The third-order valence-corrected chi connectivity index (χ3v) is 4.22. The number of halogens is 1. The van der Waals surface area contributed by atoms with E-state index < -0.39 is 0 Å². The largest absolute Gasteiger partial charge is 0.376 e. The lowest BCUT2D eigenvalue weighted by atomic mass is 10.3. The maximum absolute atomic E-state index is 13.1. The molecule has 1 aromatic carbocycles. The van der Waals surface area contributed by atoms with Gasteiger partial charge in [-0.25, -0.2) is 9.37 Å². The number of anilines is 1. The summed E-state index contributed by atoms with van der Waals surface area (Å²) in [4.78, 5) is 18.4. The van der Waals surface area contributed by atoms with Gasteiger partial charge in [0.2, 0.25) is 5.91 Å². The fraction of sp³-hybridized carbons (Fsp3) is 0.429. The number of hydrogen-bond acceptors (Lipinski definition) is 5. The van der Waals surface area contributed by atoms with Crippen molar-refractivity contribution in [1.82, 2.24) is 9.88 Å². The Balaban J connectivity index is 1.63. The predicted octanol–water partition coefficient (Wildman–Crippen LogP) is 2.09. The smallest absolute Gasteiger partial charge is 0.240 e. The molecule has 1 fully saturated rings. The Hall–Kier alpha value is -1.57. The van der Waals surface area contributed by atoms with Gasteiger partial charge in [0.1, 0.15) is 5.82 Å². The van der Waals surface area contributed by atoms with Gasteiger partial charge in [-0.05, 0) is 25.1 Å². The van der Waals surface area contributed by atoms with Crippen LogP contribution in [0.25, 0.3) is 10.2 Å². The highest BCUT2D eigenvalue weighted by Crippen LogP contribution is 2.26. The van der Waals surface area contributed by atoms with E-state index in [1.807, 2.05) is 6.92 Å². The van der Waals surface area contributed by atoms with E-state index in [0.29, 0.717) is 23.8 Å². The van der Waals surface area contributed by atoms with Crippen molar-refractivity contribution in [1.29, 1.82) is 0 Å². The molecule has 7 heteroatoms. The van der Waals surface area contributed by atoms with Gasteiger partial charge < -0.3 is 10.1 Å². The monoisotopic (exact) mass is 309 g/mol. The van der Waals surface area contributed by atoms with Crippen LogP contribution in [0, 0.1) is 5.82 Å². The number of thiazole rings is 1. The maximum Gasteiger partial charge on any atom is 0.240 e. The van der Waals surface area contributed by atoms with Gasteiger partial charge in [-0.15, -0.1) is 0 Å². The van der Waals surface area contributed by atoms with E-state index in [9.17, 15) is 9.18 Å². The molecule has 1 atom stereocenters. The first kappa shape index (κ1) is 14.4. The molecule has 0 saturated carbocycles. The summed E-state index contributed by atoms with van der Waals surface area (Å²) >= 11 is 1.28. The van der Waals surface area contributed by atoms with Crippen molar-refractivity contribution in [2.45, 2.75) is 13.0 Å². The SMILES string of the molecule is C[C@H]1CN(CC(=O)Nc2nc3ccc(F)cc3s2)CCO1. The van der Waals surface area contributed by atoms with Gasteiger partial charge in [0.15, 0.2) is 5.13 Å². The average Bonchev–Trinajstić information content (AvgIpc) is 2.79. The number of carbonyl (C=O) groups is 1. The standard InChI is InChI=1S/C14H16FN3O2S/c1-9-7-18(4-5-20-9)8-13(19)17-14-16-11-3-2-10(15)6-12(11)21-14/h2-3,6,9H,4-5,7-8H2,1H3,(H,16,17,19)/t9-/m0/s1. The first-order chi connectivity index (χ1) is 10.1. The van der Waals surface area contributed by atoms with Gasteiger partial charge in [0.05, 0.1) is 29.5 Å². The molecule has 0 radical (unpaired) electrons. The Labute approximate surface area is 125 Å². The highest BCUT2D eigenvalue weighted by Gasteiger charge is 2.19. The molecule has 1 N–H and O–H groups in total. The molecule has 2 aromatic rings. The highest BCUT2D eigenvalue weighted by atomic mass is 32.1. The molecule has 1 aliphatic heterocycles. The molecular formula is C14H16FN3O2S. The molecule has 1 aliphatic rings. The van der Waals surface area contributed by atoms with Crippen LogP contribution >= 0.6 is 11.3 Å². The molecule has 5 nitrogen and oxygen atoms in total. The molecule has 0 bridgehead atoms. The first-order valence-electron chi connectivity index (χ1n) is 6.80.